The van der Waals surface area contributed by atoms with Crippen LogP contribution in [0, 0.1) is 23.2 Å². The van der Waals surface area contributed by atoms with Gasteiger partial charge in [0.25, 0.3) is 0 Å². The maximum atomic E-state index is 13.3. The minimum absolute atomic E-state index is 0.0354. The zero-order valence-electron chi connectivity index (χ0n) is 13.4. The zero-order chi connectivity index (χ0) is 15.7. The van der Waals surface area contributed by atoms with Gasteiger partial charge in [0, 0.05) is 5.92 Å². The van der Waals surface area contributed by atoms with Crippen LogP contribution in [0.2, 0.25) is 0 Å². The van der Waals surface area contributed by atoms with Crippen molar-refractivity contribution in [2.75, 3.05) is 6.61 Å². The van der Waals surface area contributed by atoms with Gasteiger partial charge in [-0.2, -0.15) is 0 Å². The molecule has 0 aromatic carbocycles. The van der Waals surface area contributed by atoms with Gasteiger partial charge in [0.05, 0.1) is 34.7 Å². The second-order valence-electron chi connectivity index (χ2n) is 8.64. The molecule has 120 valence electrons. The number of rotatable bonds is 2. The van der Waals surface area contributed by atoms with Crippen LogP contribution in [-0.2, 0) is 14.3 Å². The summed E-state index contributed by atoms with van der Waals surface area (Å²) in [5, 5.41) is 9.66. The van der Waals surface area contributed by atoms with Gasteiger partial charge in [-0.15, -0.1) is 0 Å². The Labute approximate surface area is 130 Å². The number of carbonyl (C=O) groups is 2. The van der Waals surface area contributed by atoms with E-state index in [2.05, 4.69) is 13.8 Å². The van der Waals surface area contributed by atoms with Crippen LogP contribution >= 0.6 is 0 Å². The van der Waals surface area contributed by atoms with E-state index in [4.69, 9.17) is 4.74 Å². The zero-order valence-corrected chi connectivity index (χ0v) is 13.4. The van der Waals surface area contributed by atoms with E-state index < -0.39 is 16.6 Å². The molecule has 0 aromatic heterocycles. The number of aliphatic hydroxyl groups is 1. The normalized spacial score (nSPS) is 56.9. The fraction of sp³-hybridized carbons (Fsp3) is 0.882. The summed E-state index contributed by atoms with van der Waals surface area (Å²) in [5.74, 6) is 0.0943. The van der Waals surface area contributed by atoms with Gasteiger partial charge in [0.1, 0.15) is 0 Å². The average molecular weight is 305 g/mol. The maximum Gasteiger partial charge on any atom is 0.240 e. The quantitative estimate of drug-likeness (QED) is 0.776. The van der Waals surface area contributed by atoms with Crippen LogP contribution in [-0.4, -0.2) is 45.2 Å². The number of amides is 2. The number of likely N-dealkylation sites (tertiary alicyclic amines) is 1. The number of aliphatic hydroxyl groups excluding tert-OH is 1. The van der Waals surface area contributed by atoms with E-state index in [9.17, 15) is 14.7 Å². The molecule has 6 unspecified atom stereocenters. The second kappa shape index (κ2) is 3.29. The molecule has 2 aliphatic carbocycles. The van der Waals surface area contributed by atoms with Crippen molar-refractivity contribution in [3.8, 4) is 0 Å². The number of hydrogen-bond acceptors (Lipinski definition) is 4. The lowest BCUT2D eigenvalue weighted by Gasteiger charge is -2.45. The Morgan fingerprint density at radius 2 is 1.95 bits per heavy atom. The van der Waals surface area contributed by atoms with Crippen LogP contribution in [0.25, 0.3) is 0 Å². The summed E-state index contributed by atoms with van der Waals surface area (Å²) >= 11 is 0. The van der Waals surface area contributed by atoms with Crippen LogP contribution in [0.3, 0.4) is 0 Å². The monoisotopic (exact) mass is 305 g/mol. The number of nitrogens with zero attached hydrogens (tertiary/aromatic N) is 1. The lowest BCUT2D eigenvalue weighted by atomic mass is 9.78. The molecule has 5 heteroatoms. The van der Waals surface area contributed by atoms with Crippen molar-refractivity contribution in [1.29, 1.82) is 0 Å². The summed E-state index contributed by atoms with van der Waals surface area (Å²) in [5.41, 5.74) is -2.11. The maximum absolute atomic E-state index is 13.3. The Morgan fingerprint density at radius 1 is 1.27 bits per heavy atom. The molecule has 1 N–H and O–H groups in total. The number of imide groups is 1. The molecule has 2 bridgehead atoms. The van der Waals surface area contributed by atoms with E-state index in [1.165, 1.54) is 4.90 Å². The van der Waals surface area contributed by atoms with Crippen molar-refractivity contribution in [3.63, 3.8) is 0 Å². The molecule has 5 aliphatic rings. The summed E-state index contributed by atoms with van der Waals surface area (Å²) in [7, 11) is 0. The minimum Gasteiger partial charge on any atom is -0.394 e. The van der Waals surface area contributed by atoms with Crippen molar-refractivity contribution >= 4 is 11.8 Å². The first-order chi connectivity index (χ1) is 10.3. The Bertz CT molecular complexity index is 628. The molecule has 3 aliphatic heterocycles. The molecule has 1 spiro atoms. The summed E-state index contributed by atoms with van der Waals surface area (Å²) in [6.07, 6.45) is 3.36. The van der Waals surface area contributed by atoms with E-state index in [0.717, 1.165) is 25.7 Å². The standard InChI is InChI=1S/C17H23NO4/c1-9-4-5-14(2)17-10(11(17)15(9,3)22-14)12(20)18(13(17)21)16(8-19)6-7-16/h9-11,19H,4-8H2,1-3H3. The van der Waals surface area contributed by atoms with Gasteiger partial charge in [-0.3, -0.25) is 14.5 Å². The molecule has 2 saturated carbocycles. The third kappa shape index (κ3) is 1.02. The Kier molecular flexibility index (Phi) is 2.02. The highest BCUT2D eigenvalue weighted by atomic mass is 16.5. The summed E-state index contributed by atoms with van der Waals surface area (Å²) < 4.78 is 6.42. The number of ether oxygens (including phenoxy) is 1. The number of hydrogen-bond donors (Lipinski definition) is 1. The topological polar surface area (TPSA) is 66.8 Å². The molecule has 0 aromatic rings. The van der Waals surface area contributed by atoms with Crippen molar-refractivity contribution in [2.24, 2.45) is 23.2 Å². The van der Waals surface area contributed by atoms with Gasteiger partial charge in [-0.05, 0) is 45.4 Å². The van der Waals surface area contributed by atoms with Gasteiger partial charge >= 0.3 is 0 Å². The van der Waals surface area contributed by atoms with Crippen LogP contribution in [0.1, 0.15) is 46.5 Å². The molecule has 5 rings (SSSR count). The second-order valence-corrected chi connectivity index (χ2v) is 8.64. The van der Waals surface area contributed by atoms with Gasteiger partial charge in [-0.25, -0.2) is 0 Å². The minimum atomic E-state index is -0.644. The highest BCUT2D eigenvalue weighted by molar-refractivity contribution is 6.14. The third-order valence-electron chi connectivity index (χ3n) is 7.82. The van der Waals surface area contributed by atoms with E-state index in [1.54, 1.807) is 0 Å². The van der Waals surface area contributed by atoms with Crippen LogP contribution in [0.4, 0.5) is 0 Å². The summed E-state index contributed by atoms with van der Waals surface area (Å²) in [6, 6.07) is 0. The SMILES string of the molecule is CC1CCC2(C)OC1(C)C1C3C(=O)N(C4(CO)CC4)C(=O)C312. The lowest BCUT2D eigenvalue weighted by molar-refractivity contribution is -0.190. The molecule has 0 radical (unpaired) electrons. The lowest BCUT2D eigenvalue weighted by Crippen LogP contribution is -2.51. The largest absolute Gasteiger partial charge is 0.394 e. The third-order valence-corrected chi connectivity index (χ3v) is 7.82. The van der Waals surface area contributed by atoms with Gasteiger partial charge < -0.3 is 9.84 Å². The summed E-state index contributed by atoms with van der Waals surface area (Å²) in [4.78, 5) is 27.7. The first kappa shape index (κ1) is 13.5. The molecule has 3 heterocycles. The van der Waals surface area contributed by atoms with Crippen molar-refractivity contribution in [2.45, 2.75) is 63.2 Å². The average Bonchev–Trinajstić information content (AvgIpc) is 3.33. The van der Waals surface area contributed by atoms with Crippen LogP contribution in [0.15, 0.2) is 0 Å². The predicted octanol–water partition coefficient (Wildman–Crippen LogP) is 1.09. The molecular weight excluding hydrogens is 282 g/mol. The molecule has 2 amide bonds. The van der Waals surface area contributed by atoms with Crippen LogP contribution < -0.4 is 0 Å². The molecule has 6 atom stereocenters. The number of piperidine rings is 1. The van der Waals surface area contributed by atoms with E-state index in [1.807, 2.05) is 6.92 Å². The smallest absolute Gasteiger partial charge is 0.240 e. The molecular formula is C17H23NO4. The van der Waals surface area contributed by atoms with Crippen molar-refractivity contribution in [1.82, 2.24) is 4.90 Å². The van der Waals surface area contributed by atoms with E-state index >= 15 is 0 Å². The number of carbonyl (C=O) groups excluding carboxylic acids is 2. The fourth-order valence-corrected chi connectivity index (χ4v) is 6.21. The molecule has 5 fully saturated rings. The number of fused-ring (bicyclic) bond motifs is 4. The highest BCUT2D eigenvalue weighted by Crippen LogP contribution is 2.83. The Hall–Kier alpha value is -0.940. The highest BCUT2D eigenvalue weighted by Gasteiger charge is 2.95. The Balaban J connectivity index is 1.63. The van der Waals surface area contributed by atoms with Gasteiger partial charge in [0.2, 0.25) is 11.8 Å². The van der Waals surface area contributed by atoms with Crippen LogP contribution in [0.5, 0.6) is 0 Å². The van der Waals surface area contributed by atoms with Gasteiger partial charge in [-0.1, -0.05) is 6.92 Å². The molecule has 5 nitrogen and oxygen atoms in total. The van der Waals surface area contributed by atoms with E-state index in [-0.39, 0.29) is 35.9 Å². The fourth-order valence-electron chi connectivity index (χ4n) is 6.21. The first-order valence-electron chi connectivity index (χ1n) is 8.48. The Morgan fingerprint density at radius 3 is 2.55 bits per heavy atom. The molecule has 22 heavy (non-hydrogen) atoms. The molecule has 3 saturated heterocycles. The van der Waals surface area contributed by atoms with Crippen molar-refractivity contribution < 1.29 is 19.4 Å². The van der Waals surface area contributed by atoms with E-state index in [0.29, 0.717) is 5.92 Å². The predicted molar refractivity (Wildman–Crippen MR) is 76.6 cm³/mol. The van der Waals surface area contributed by atoms with Crippen molar-refractivity contribution in [3.05, 3.63) is 0 Å². The first-order valence-corrected chi connectivity index (χ1v) is 8.48. The van der Waals surface area contributed by atoms with Gasteiger partial charge in [0.15, 0.2) is 0 Å². The summed E-state index contributed by atoms with van der Waals surface area (Å²) in [6.45, 7) is 6.19.